The Morgan fingerprint density at radius 3 is 2.55 bits per heavy atom. The number of nitrogens with zero attached hydrogens (tertiary/aromatic N) is 1. The number of hydrogen-bond donors (Lipinski definition) is 2. The molecule has 1 aromatic heterocycles. The molecule has 0 bridgehead atoms. The van der Waals surface area contributed by atoms with Crippen molar-refractivity contribution in [3.8, 4) is 0 Å². The van der Waals surface area contributed by atoms with Crippen molar-refractivity contribution >= 4 is 29.1 Å². The Kier molecular flexibility index (Phi) is 5.35. The number of aromatic nitrogens is 1. The molecule has 2 rings (SSSR count). The first-order valence-corrected chi connectivity index (χ1v) is 6.76. The molecule has 0 spiro atoms. The smallest absolute Gasteiger partial charge is 0.238 e. The van der Waals surface area contributed by atoms with E-state index in [4.69, 9.17) is 23.2 Å². The van der Waals surface area contributed by atoms with Gasteiger partial charge in [0.1, 0.15) is 0 Å². The summed E-state index contributed by atoms with van der Waals surface area (Å²) >= 11 is 12.1. The van der Waals surface area contributed by atoms with E-state index >= 15 is 0 Å². The lowest BCUT2D eigenvalue weighted by atomic mass is 10.2. The third-order valence-electron chi connectivity index (χ3n) is 2.64. The summed E-state index contributed by atoms with van der Waals surface area (Å²) < 4.78 is 0. The van der Waals surface area contributed by atoms with Crippen LogP contribution >= 0.6 is 23.2 Å². The predicted molar refractivity (Wildman–Crippen MR) is 79.4 cm³/mol. The number of nitrogens with one attached hydrogen (secondary N) is 2. The van der Waals surface area contributed by atoms with Crippen molar-refractivity contribution in [3.05, 3.63) is 63.9 Å². The third kappa shape index (κ3) is 4.20. The fourth-order valence-electron chi connectivity index (χ4n) is 1.66. The Bertz CT molecular complexity index is 570. The van der Waals surface area contributed by atoms with Crippen molar-refractivity contribution in [3.63, 3.8) is 0 Å². The first-order chi connectivity index (χ1) is 9.66. The zero-order valence-electron chi connectivity index (χ0n) is 10.6. The molecule has 1 heterocycles. The normalized spacial score (nSPS) is 10.3. The van der Waals surface area contributed by atoms with E-state index in [1.54, 1.807) is 36.7 Å². The van der Waals surface area contributed by atoms with Crippen molar-refractivity contribution < 1.29 is 4.79 Å². The Labute approximate surface area is 127 Å². The molecule has 4 nitrogen and oxygen atoms in total. The molecule has 2 N–H and O–H groups in total. The molecule has 0 aliphatic carbocycles. The largest absolute Gasteiger partial charge is 0.291 e. The summed E-state index contributed by atoms with van der Waals surface area (Å²) in [5.41, 5.74) is 7.01. The molecule has 0 saturated heterocycles. The fraction of sp³-hybridized carbons (Fsp3) is 0.143. The van der Waals surface area contributed by atoms with E-state index in [2.05, 4.69) is 15.8 Å². The number of hydrazine groups is 1. The average molecular weight is 310 g/mol. The molecule has 0 unspecified atom stereocenters. The molecular formula is C14H13Cl2N3O. The van der Waals surface area contributed by atoms with Crippen LogP contribution in [0.5, 0.6) is 0 Å². The number of rotatable bonds is 5. The van der Waals surface area contributed by atoms with Crippen molar-refractivity contribution in [1.82, 2.24) is 15.8 Å². The van der Waals surface area contributed by atoms with Crippen LogP contribution < -0.4 is 10.9 Å². The second kappa shape index (κ2) is 7.24. The van der Waals surface area contributed by atoms with Gasteiger partial charge >= 0.3 is 0 Å². The summed E-state index contributed by atoms with van der Waals surface area (Å²) in [6.07, 6.45) is 3.58. The van der Waals surface area contributed by atoms with Gasteiger partial charge in [0.25, 0.3) is 0 Å². The Morgan fingerprint density at radius 1 is 1.15 bits per heavy atom. The van der Waals surface area contributed by atoms with Crippen LogP contribution in [-0.2, 0) is 17.8 Å². The minimum Gasteiger partial charge on any atom is -0.291 e. The molecule has 2 aromatic rings. The number of carbonyl (C=O) groups is 1. The number of benzene rings is 1. The molecule has 104 valence electrons. The van der Waals surface area contributed by atoms with E-state index in [1.165, 1.54) is 0 Å². The van der Waals surface area contributed by atoms with Crippen LogP contribution in [-0.4, -0.2) is 10.9 Å². The van der Waals surface area contributed by atoms with Crippen molar-refractivity contribution in [2.24, 2.45) is 0 Å². The average Bonchev–Trinajstić information content (AvgIpc) is 2.43. The fourth-order valence-corrected chi connectivity index (χ4v) is 2.20. The van der Waals surface area contributed by atoms with E-state index in [0.29, 0.717) is 16.6 Å². The standard InChI is InChI=1S/C14H13Cl2N3O/c15-12-4-1-5-13(16)11(12)9-18-19-14(20)7-10-3-2-6-17-8-10/h1-6,8,18H,7,9H2,(H,19,20). The lowest BCUT2D eigenvalue weighted by Gasteiger charge is -2.10. The van der Waals surface area contributed by atoms with Gasteiger partial charge in [-0.05, 0) is 23.8 Å². The predicted octanol–water partition coefficient (Wildman–Crippen LogP) is 2.75. The monoisotopic (exact) mass is 309 g/mol. The second-order valence-electron chi connectivity index (χ2n) is 4.14. The maximum absolute atomic E-state index is 11.7. The maximum Gasteiger partial charge on any atom is 0.238 e. The lowest BCUT2D eigenvalue weighted by Crippen LogP contribution is -2.37. The Hall–Kier alpha value is -1.62. The van der Waals surface area contributed by atoms with Crippen LogP contribution in [0.1, 0.15) is 11.1 Å². The van der Waals surface area contributed by atoms with Crippen LogP contribution in [0.25, 0.3) is 0 Å². The molecule has 0 atom stereocenters. The van der Waals surface area contributed by atoms with Gasteiger partial charge in [-0.25, -0.2) is 5.43 Å². The highest BCUT2D eigenvalue weighted by atomic mass is 35.5. The third-order valence-corrected chi connectivity index (χ3v) is 3.35. The minimum absolute atomic E-state index is 0.152. The van der Waals surface area contributed by atoms with Gasteiger partial charge in [-0.3, -0.25) is 15.2 Å². The zero-order chi connectivity index (χ0) is 14.4. The van der Waals surface area contributed by atoms with E-state index in [-0.39, 0.29) is 12.3 Å². The molecule has 20 heavy (non-hydrogen) atoms. The highest BCUT2D eigenvalue weighted by Crippen LogP contribution is 2.23. The van der Waals surface area contributed by atoms with Crippen LogP contribution in [0.15, 0.2) is 42.7 Å². The first kappa shape index (κ1) is 14.8. The van der Waals surface area contributed by atoms with Gasteiger partial charge in [0.15, 0.2) is 0 Å². The molecule has 6 heteroatoms. The van der Waals surface area contributed by atoms with Gasteiger partial charge in [0, 0.05) is 34.5 Å². The van der Waals surface area contributed by atoms with Crippen LogP contribution in [0.4, 0.5) is 0 Å². The van der Waals surface area contributed by atoms with Crippen LogP contribution in [0.2, 0.25) is 10.0 Å². The van der Waals surface area contributed by atoms with Gasteiger partial charge in [0.05, 0.1) is 6.42 Å². The number of amides is 1. The number of carbonyl (C=O) groups excluding carboxylic acids is 1. The molecule has 1 aromatic carbocycles. The van der Waals surface area contributed by atoms with Gasteiger partial charge in [-0.15, -0.1) is 0 Å². The van der Waals surface area contributed by atoms with Gasteiger partial charge in [0.2, 0.25) is 5.91 Å². The number of hydrogen-bond acceptors (Lipinski definition) is 3. The number of pyridine rings is 1. The summed E-state index contributed by atoms with van der Waals surface area (Å²) in [5.74, 6) is -0.152. The van der Waals surface area contributed by atoms with Crippen LogP contribution in [0.3, 0.4) is 0 Å². The number of halogens is 2. The zero-order valence-corrected chi connectivity index (χ0v) is 12.1. The maximum atomic E-state index is 11.7. The van der Waals surface area contributed by atoms with Gasteiger partial charge in [-0.1, -0.05) is 35.3 Å². The molecule has 0 radical (unpaired) electrons. The van der Waals surface area contributed by atoms with Crippen molar-refractivity contribution in [2.45, 2.75) is 13.0 Å². The molecule has 1 amide bonds. The molecule has 0 aliphatic heterocycles. The Morgan fingerprint density at radius 2 is 1.90 bits per heavy atom. The minimum atomic E-state index is -0.152. The van der Waals surface area contributed by atoms with E-state index in [0.717, 1.165) is 11.1 Å². The summed E-state index contributed by atoms with van der Waals surface area (Å²) in [6, 6.07) is 8.91. The summed E-state index contributed by atoms with van der Waals surface area (Å²) in [5, 5.41) is 1.12. The first-order valence-electron chi connectivity index (χ1n) is 6.00. The highest BCUT2D eigenvalue weighted by Gasteiger charge is 2.06. The van der Waals surface area contributed by atoms with Crippen molar-refractivity contribution in [2.75, 3.05) is 0 Å². The summed E-state index contributed by atoms with van der Waals surface area (Å²) in [6.45, 7) is 0.358. The molecule has 0 aliphatic rings. The SMILES string of the molecule is O=C(Cc1cccnc1)NNCc1c(Cl)cccc1Cl. The molecule has 0 saturated carbocycles. The van der Waals surface area contributed by atoms with Gasteiger partial charge in [-0.2, -0.15) is 0 Å². The summed E-state index contributed by atoms with van der Waals surface area (Å²) in [7, 11) is 0. The Balaban J connectivity index is 1.83. The highest BCUT2D eigenvalue weighted by molar-refractivity contribution is 6.35. The lowest BCUT2D eigenvalue weighted by molar-refractivity contribution is -0.121. The topological polar surface area (TPSA) is 54.0 Å². The second-order valence-corrected chi connectivity index (χ2v) is 4.95. The van der Waals surface area contributed by atoms with Crippen LogP contribution in [0, 0.1) is 0 Å². The van der Waals surface area contributed by atoms with Crippen molar-refractivity contribution in [1.29, 1.82) is 0 Å². The van der Waals surface area contributed by atoms with Gasteiger partial charge < -0.3 is 0 Å². The molecule has 0 fully saturated rings. The van der Waals surface area contributed by atoms with E-state index < -0.39 is 0 Å². The quantitative estimate of drug-likeness (QED) is 0.835. The van der Waals surface area contributed by atoms with E-state index in [9.17, 15) is 4.79 Å². The summed E-state index contributed by atoms with van der Waals surface area (Å²) in [4.78, 5) is 15.7. The van der Waals surface area contributed by atoms with E-state index in [1.807, 2.05) is 6.07 Å². The molecular weight excluding hydrogens is 297 g/mol.